The van der Waals surface area contributed by atoms with Gasteiger partial charge in [-0.05, 0) is 6.92 Å². The van der Waals surface area contributed by atoms with Crippen LogP contribution in [0, 0.1) is 0 Å². The van der Waals surface area contributed by atoms with Crippen LogP contribution in [0.4, 0.5) is 13.2 Å². The molecule has 1 fully saturated rings. The third kappa shape index (κ3) is 5.41. The number of carbonyl (C=O) groups excluding carboxylic acids is 1. The molecule has 18 heavy (non-hydrogen) atoms. The number of nitrogens with one attached hydrogen (secondary N) is 1. The van der Waals surface area contributed by atoms with Gasteiger partial charge in [-0.1, -0.05) is 0 Å². The van der Waals surface area contributed by atoms with Crippen molar-refractivity contribution in [2.45, 2.75) is 31.7 Å². The third-order valence-electron chi connectivity index (χ3n) is 2.69. The Labute approximate surface area is 110 Å². The predicted molar refractivity (Wildman–Crippen MR) is 62.8 cm³/mol. The molecule has 8 heteroatoms. The van der Waals surface area contributed by atoms with E-state index in [1.807, 2.05) is 0 Å². The smallest absolute Gasteiger partial charge is 0.375 e. The highest BCUT2D eigenvalue weighted by atomic mass is 35.5. The number of alkyl halides is 3. The van der Waals surface area contributed by atoms with Crippen molar-refractivity contribution in [1.29, 1.82) is 0 Å². The molecule has 0 radical (unpaired) electrons. The van der Waals surface area contributed by atoms with Gasteiger partial charge in [0.25, 0.3) is 0 Å². The topological polar surface area (TPSA) is 41.6 Å². The summed E-state index contributed by atoms with van der Waals surface area (Å²) in [6.07, 6.45) is -5.54. The standard InChI is InChI=1S/C10H17F3N2O2.ClH/c1-7-8(14-4-6-17-7)9(16)15(2)5-3-10(11,12)13;/h7-8,14H,3-6H2,1-2H3;1H/t7-,8+;/m1./s1. The van der Waals surface area contributed by atoms with Gasteiger partial charge in [0, 0.05) is 20.1 Å². The predicted octanol–water partition coefficient (Wildman–Crippen LogP) is 1.20. The van der Waals surface area contributed by atoms with Gasteiger partial charge in [-0.15, -0.1) is 12.4 Å². The van der Waals surface area contributed by atoms with E-state index in [9.17, 15) is 18.0 Å². The number of carbonyl (C=O) groups is 1. The highest BCUT2D eigenvalue weighted by Gasteiger charge is 2.33. The molecule has 1 amide bonds. The van der Waals surface area contributed by atoms with E-state index in [-0.39, 0.29) is 31.0 Å². The molecule has 0 aromatic heterocycles. The molecule has 0 spiro atoms. The van der Waals surface area contributed by atoms with Gasteiger partial charge < -0.3 is 15.0 Å². The minimum absolute atomic E-state index is 0. The first-order chi connectivity index (χ1) is 7.81. The molecule has 0 saturated carbocycles. The Bertz CT molecular complexity index is 276. The molecule has 0 unspecified atom stereocenters. The van der Waals surface area contributed by atoms with Crippen molar-refractivity contribution in [3.05, 3.63) is 0 Å². The second-order valence-electron chi connectivity index (χ2n) is 4.13. The maximum atomic E-state index is 12.0. The lowest BCUT2D eigenvalue weighted by Gasteiger charge is -2.32. The average Bonchev–Trinajstić information content (AvgIpc) is 2.24. The zero-order valence-electron chi connectivity index (χ0n) is 10.3. The van der Waals surface area contributed by atoms with Crippen LogP contribution in [-0.2, 0) is 9.53 Å². The molecule has 1 saturated heterocycles. The molecule has 0 aromatic rings. The van der Waals surface area contributed by atoms with E-state index in [0.717, 1.165) is 4.90 Å². The highest BCUT2D eigenvalue weighted by Crippen LogP contribution is 2.19. The molecule has 0 bridgehead atoms. The van der Waals surface area contributed by atoms with E-state index in [2.05, 4.69) is 5.32 Å². The van der Waals surface area contributed by atoms with Gasteiger partial charge in [-0.25, -0.2) is 0 Å². The molecule has 1 aliphatic rings. The summed E-state index contributed by atoms with van der Waals surface area (Å²) in [4.78, 5) is 12.9. The number of nitrogens with zero attached hydrogens (tertiary/aromatic N) is 1. The van der Waals surface area contributed by atoms with Crippen molar-refractivity contribution >= 4 is 18.3 Å². The molecule has 1 N–H and O–H groups in total. The van der Waals surface area contributed by atoms with E-state index in [1.54, 1.807) is 6.92 Å². The van der Waals surface area contributed by atoms with Crippen LogP contribution in [0.1, 0.15) is 13.3 Å². The average molecular weight is 291 g/mol. The Hall–Kier alpha value is -0.530. The summed E-state index contributed by atoms with van der Waals surface area (Å²) in [6.45, 7) is 2.45. The quantitative estimate of drug-likeness (QED) is 0.849. The van der Waals surface area contributed by atoms with E-state index in [4.69, 9.17) is 4.74 Å². The number of ether oxygens (including phenoxy) is 1. The van der Waals surface area contributed by atoms with Crippen LogP contribution in [0.3, 0.4) is 0 Å². The number of halogens is 4. The van der Waals surface area contributed by atoms with Crippen LogP contribution >= 0.6 is 12.4 Å². The molecular weight excluding hydrogens is 273 g/mol. The van der Waals surface area contributed by atoms with Gasteiger partial charge in [0.2, 0.25) is 5.91 Å². The molecular formula is C10H18ClF3N2O2. The minimum Gasteiger partial charge on any atom is -0.375 e. The van der Waals surface area contributed by atoms with Crippen LogP contribution in [-0.4, -0.2) is 55.9 Å². The number of hydrogen-bond acceptors (Lipinski definition) is 3. The summed E-state index contributed by atoms with van der Waals surface area (Å²) in [5, 5.41) is 2.95. The lowest BCUT2D eigenvalue weighted by atomic mass is 10.1. The van der Waals surface area contributed by atoms with Crippen LogP contribution in [0.15, 0.2) is 0 Å². The fraction of sp³-hybridized carbons (Fsp3) is 0.900. The van der Waals surface area contributed by atoms with Gasteiger partial charge in [0.15, 0.2) is 0 Å². The largest absolute Gasteiger partial charge is 0.390 e. The molecule has 2 atom stereocenters. The van der Waals surface area contributed by atoms with Crippen molar-refractivity contribution in [2.75, 3.05) is 26.7 Å². The van der Waals surface area contributed by atoms with E-state index in [0.29, 0.717) is 13.2 Å². The minimum atomic E-state index is -4.24. The summed E-state index contributed by atoms with van der Waals surface area (Å²) in [6, 6.07) is -0.554. The molecule has 108 valence electrons. The second kappa shape index (κ2) is 7.16. The summed E-state index contributed by atoms with van der Waals surface area (Å²) < 4.78 is 41.3. The van der Waals surface area contributed by atoms with Crippen molar-refractivity contribution in [1.82, 2.24) is 10.2 Å². The number of morpholine rings is 1. The lowest BCUT2D eigenvalue weighted by Crippen LogP contribution is -2.56. The molecule has 4 nitrogen and oxygen atoms in total. The first-order valence-corrected chi connectivity index (χ1v) is 5.48. The van der Waals surface area contributed by atoms with Gasteiger partial charge in [0.1, 0.15) is 6.04 Å². The fourth-order valence-electron chi connectivity index (χ4n) is 1.65. The summed E-state index contributed by atoms with van der Waals surface area (Å²) in [7, 11) is 1.37. The van der Waals surface area contributed by atoms with Gasteiger partial charge >= 0.3 is 6.18 Å². The summed E-state index contributed by atoms with van der Waals surface area (Å²) in [5.74, 6) is -0.360. The fourth-order valence-corrected chi connectivity index (χ4v) is 1.65. The van der Waals surface area contributed by atoms with Gasteiger partial charge in [-0.3, -0.25) is 4.79 Å². The maximum absolute atomic E-state index is 12.0. The molecule has 0 aromatic carbocycles. The molecule has 1 rings (SSSR count). The molecule has 1 heterocycles. The summed E-state index contributed by atoms with van der Waals surface area (Å²) in [5.41, 5.74) is 0. The number of rotatable bonds is 3. The van der Waals surface area contributed by atoms with Crippen molar-refractivity contribution in [3.8, 4) is 0 Å². The van der Waals surface area contributed by atoms with E-state index >= 15 is 0 Å². The van der Waals surface area contributed by atoms with E-state index < -0.39 is 18.6 Å². The highest BCUT2D eigenvalue weighted by molar-refractivity contribution is 5.85. The Balaban J connectivity index is 0.00000289. The number of hydrogen-bond donors (Lipinski definition) is 1. The SMILES string of the molecule is C[C@H]1OCCN[C@@H]1C(=O)N(C)CCC(F)(F)F.Cl. The van der Waals surface area contributed by atoms with Gasteiger partial charge in [0.05, 0.1) is 19.1 Å². The maximum Gasteiger partial charge on any atom is 0.390 e. The Morgan fingerprint density at radius 1 is 1.50 bits per heavy atom. The first kappa shape index (κ1) is 17.5. The Kier molecular flexibility index (Phi) is 6.94. The Morgan fingerprint density at radius 3 is 2.61 bits per heavy atom. The second-order valence-corrected chi connectivity index (χ2v) is 4.13. The normalized spacial score (nSPS) is 24.3. The molecule has 0 aliphatic carbocycles. The summed E-state index contributed by atoms with van der Waals surface area (Å²) >= 11 is 0. The molecule has 1 aliphatic heterocycles. The van der Waals surface area contributed by atoms with Crippen molar-refractivity contribution in [3.63, 3.8) is 0 Å². The van der Waals surface area contributed by atoms with Crippen LogP contribution in [0.25, 0.3) is 0 Å². The number of amides is 1. The van der Waals surface area contributed by atoms with Crippen LogP contribution in [0.2, 0.25) is 0 Å². The Morgan fingerprint density at radius 2 is 2.11 bits per heavy atom. The zero-order chi connectivity index (χ0) is 13.1. The van der Waals surface area contributed by atoms with Crippen LogP contribution < -0.4 is 5.32 Å². The van der Waals surface area contributed by atoms with Gasteiger partial charge in [-0.2, -0.15) is 13.2 Å². The van der Waals surface area contributed by atoms with Crippen molar-refractivity contribution < 1.29 is 22.7 Å². The van der Waals surface area contributed by atoms with Crippen LogP contribution in [0.5, 0.6) is 0 Å². The number of likely N-dealkylation sites (N-methyl/N-ethyl adjacent to an activating group) is 1. The monoisotopic (exact) mass is 290 g/mol. The first-order valence-electron chi connectivity index (χ1n) is 5.48. The zero-order valence-corrected chi connectivity index (χ0v) is 11.1. The third-order valence-corrected chi connectivity index (χ3v) is 2.69. The lowest BCUT2D eigenvalue weighted by molar-refractivity contribution is -0.148. The van der Waals surface area contributed by atoms with E-state index in [1.165, 1.54) is 7.05 Å². The van der Waals surface area contributed by atoms with Crippen molar-refractivity contribution in [2.24, 2.45) is 0 Å².